The zero-order valence-electron chi connectivity index (χ0n) is 16.5. The number of aromatic nitrogens is 2. The molecule has 0 saturated carbocycles. The van der Waals surface area contributed by atoms with Gasteiger partial charge in [0, 0.05) is 18.8 Å². The van der Waals surface area contributed by atoms with Crippen molar-refractivity contribution in [1.29, 1.82) is 0 Å². The van der Waals surface area contributed by atoms with Gasteiger partial charge in [0.25, 0.3) is 0 Å². The predicted molar refractivity (Wildman–Crippen MR) is 112 cm³/mol. The Kier molecular flexibility index (Phi) is 4.81. The van der Waals surface area contributed by atoms with E-state index in [0.29, 0.717) is 19.6 Å². The number of anilines is 2. The summed E-state index contributed by atoms with van der Waals surface area (Å²) in [6.07, 6.45) is 8.39. The van der Waals surface area contributed by atoms with Crippen molar-refractivity contribution >= 4 is 23.0 Å². The Bertz CT molecular complexity index is 934. The molecule has 0 bridgehead atoms. The fourth-order valence-corrected chi connectivity index (χ4v) is 3.72. The number of carbonyl (C=O) groups is 1. The number of nitrogens with zero attached hydrogens (tertiary/aromatic N) is 3. The maximum Gasteiger partial charge on any atom is 0.242 e. The van der Waals surface area contributed by atoms with Crippen molar-refractivity contribution in [3.63, 3.8) is 0 Å². The van der Waals surface area contributed by atoms with Crippen LogP contribution in [-0.2, 0) is 17.9 Å². The van der Waals surface area contributed by atoms with Crippen molar-refractivity contribution in [1.82, 2.24) is 14.5 Å². The zero-order valence-corrected chi connectivity index (χ0v) is 16.5. The fraction of sp³-hybridized carbons (Fsp3) is 0.364. The highest BCUT2D eigenvalue weighted by molar-refractivity contribution is 5.85. The quantitative estimate of drug-likeness (QED) is 0.856. The topological polar surface area (TPSA) is 76.2 Å². The number of para-hydroxylation sites is 1. The Balaban J connectivity index is 1.71. The molecule has 1 aliphatic carbocycles. The third-order valence-corrected chi connectivity index (χ3v) is 5.17. The van der Waals surface area contributed by atoms with Crippen molar-refractivity contribution < 1.29 is 4.79 Å². The summed E-state index contributed by atoms with van der Waals surface area (Å²) < 4.78 is 2.20. The maximum atomic E-state index is 12.6. The number of allylic oxidation sites excluding steroid dienone is 4. The summed E-state index contributed by atoms with van der Waals surface area (Å²) in [5.74, 6) is 1.86. The maximum absolute atomic E-state index is 12.6. The molecule has 2 heterocycles. The molecule has 0 fully saturated rings. The minimum absolute atomic E-state index is 0.0410. The van der Waals surface area contributed by atoms with Crippen LogP contribution in [0, 0.1) is 0 Å². The van der Waals surface area contributed by atoms with Crippen LogP contribution in [0.15, 0.2) is 48.6 Å². The molecular formula is C22H27N5O. The van der Waals surface area contributed by atoms with Crippen molar-refractivity contribution in [3.05, 3.63) is 60.1 Å². The molecule has 3 N–H and O–H groups in total. The van der Waals surface area contributed by atoms with Crippen LogP contribution in [0.1, 0.15) is 38.2 Å². The lowest BCUT2D eigenvalue weighted by Crippen LogP contribution is -2.52. The van der Waals surface area contributed by atoms with Crippen LogP contribution in [0.2, 0.25) is 0 Å². The summed E-state index contributed by atoms with van der Waals surface area (Å²) in [4.78, 5) is 19.4. The zero-order chi connectivity index (χ0) is 19.7. The highest BCUT2D eigenvalue weighted by atomic mass is 16.2. The Morgan fingerprint density at radius 3 is 2.68 bits per heavy atom. The van der Waals surface area contributed by atoms with Gasteiger partial charge in [-0.25, -0.2) is 4.98 Å². The first-order chi connectivity index (χ1) is 13.4. The van der Waals surface area contributed by atoms with Crippen LogP contribution in [0.5, 0.6) is 0 Å². The Labute approximate surface area is 165 Å². The number of fused-ring (bicyclic) bond motifs is 1. The number of hydrogen-bond acceptors (Lipinski definition) is 4. The summed E-state index contributed by atoms with van der Waals surface area (Å²) in [6.45, 7) is 5.31. The van der Waals surface area contributed by atoms with Crippen LogP contribution >= 0.6 is 0 Å². The van der Waals surface area contributed by atoms with Crippen LogP contribution in [0.25, 0.3) is 5.57 Å². The Morgan fingerprint density at radius 2 is 2.00 bits per heavy atom. The van der Waals surface area contributed by atoms with Crippen LogP contribution in [-0.4, -0.2) is 32.4 Å². The fourth-order valence-electron chi connectivity index (χ4n) is 3.72. The van der Waals surface area contributed by atoms with E-state index in [1.807, 2.05) is 23.1 Å². The molecule has 2 aromatic rings. The normalized spacial score (nSPS) is 16.5. The molecule has 1 aromatic heterocycles. The van der Waals surface area contributed by atoms with E-state index in [9.17, 15) is 4.79 Å². The molecule has 6 nitrogen and oxygen atoms in total. The van der Waals surface area contributed by atoms with Gasteiger partial charge >= 0.3 is 0 Å². The minimum atomic E-state index is -0.876. The smallest absolute Gasteiger partial charge is 0.242 e. The van der Waals surface area contributed by atoms with Crippen LogP contribution in [0.4, 0.5) is 11.5 Å². The van der Waals surface area contributed by atoms with Gasteiger partial charge in [-0.3, -0.25) is 4.79 Å². The lowest BCUT2D eigenvalue weighted by molar-refractivity contribution is -0.137. The van der Waals surface area contributed by atoms with Gasteiger partial charge in [0.2, 0.25) is 5.91 Å². The molecule has 1 aromatic carbocycles. The van der Waals surface area contributed by atoms with Crippen molar-refractivity contribution in [2.24, 2.45) is 5.73 Å². The van der Waals surface area contributed by atoms with Gasteiger partial charge in [-0.1, -0.05) is 36.4 Å². The number of nitrogens with one attached hydrogen (secondary N) is 1. The largest absolute Gasteiger partial charge is 0.340 e. The van der Waals surface area contributed by atoms with Crippen molar-refractivity contribution in [3.8, 4) is 0 Å². The number of rotatable bonds is 4. The molecule has 4 rings (SSSR count). The first-order valence-electron chi connectivity index (χ1n) is 9.79. The van der Waals surface area contributed by atoms with Gasteiger partial charge in [-0.05, 0) is 44.4 Å². The number of amides is 1. The molecule has 0 saturated heterocycles. The average molecular weight is 377 g/mol. The monoisotopic (exact) mass is 377 g/mol. The van der Waals surface area contributed by atoms with Gasteiger partial charge in [0.05, 0.1) is 12.1 Å². The van der Waals surface area contributed by atoms with E-state index in [1.54, 1.807) is 13.8 Å². The number of carbonyl (C=O) groups excluding carboxylic acids is 1. The van der Waals surface area contributed by atoms with Crippen LogP contribution in [0.3, 0.4) is 0 Å². The summed E-state index contributed by atoms with van der Waals surface area (Å²) in [5.41, 5.74) is 8.39. The second-order valence-electron chi connectivity index (χ2n) is 7.98. The van der Waals surface area contributed by atoms with E-state index >= 15 is 0 Å². The molecule has 0 spiro atoms. The van der Waals surface area contributed by atoms with Gasteiger partial charge in [0.15, 0.2) is 0 Å². The molecule has 0 atom stereocenters. The second-order valence-corrected chi connectivity index (χ2v) is 7.98. The van der Waals surface area contributed by atoms with Crippen molar-refractivity contribution in [2.75, 3.05) is 11.9 Å². The molecule has 0 unspecified atom stereocenters. The van der Waals surface area contributed by atoms with E-state index < -0.39 is 5.54 Å². The molecule has 146 valence electrons. The van der Waals surface area contributed by atoms with E-state index in [2.05, 4.69) is 40.2 Å². The summed E-state index contributed by atoms with van der Waals surface area (Å²) in [7, 11) is 0. The molecule has 2 aliphatic rings. The molecule has 1 aliphatic heterocycles. The highest BCUT2D eigenvalue weighted by Gasteiger charge is 2.32. The first kappa shape index (κ1) is 18.5. The summed E-state index contributed by atoms with van der Waals surface area (Å²) >= 11 is 0. The Morgan fingerprint density at radius 1 is 1.21 bits per heavy atom. The third-order valence-electron chi connectivity index (χ3n) is 5.17. The molecule has 28 heavy (non-hydrogen) atoms. The highest BCUT2D eigenvalue weighted by Crippen LogP contribution is 2.34. The standard InChI is InChI=1S/C22H27N5O/c1-22(2,23)21(28)26-13-14-27-18(15-26)25-19(16-9-5-3-6-10-16)20(27)24-17-11-7-4-8-12-17/h3-5,7-9,11-12,24H,6,10,13-15,23H2,1-2H3. The molecule has 6 heteroatoms. The first-order valence-corrected chi connectivity index (χ1v) is 9.79. The number of nitrogens with two attached hydrogens (primary N) is 1. The van der Waals surface area contributed by atoms with E-state index in [1.165, 1.54) is 5.57 Å². The second kappa shape index (κ2) is 7.28. The average Bonchev–Trinajstić information content (AvgIpc) is 3.06. The van der Waals surface area contributed by atoms with Gasteiger partial charge in [-0.2, -0.15) is 0 Å². The van der Waals surface area contributed by atoms with E-state index in [4.69, 9.17) is 10.7 Å². The lowest BCUT2D eigenvalue weighted by Gasteiger charge is -2.33. The van der Waals surface area contributed by atoms with Gasteiger partial charge in [0.1, 0.15) is 17.3 Å². The molecular weight excluding hydrogens is 350 g/mol. The summed E-state index contributed by atoms with van der Waals surface area (Å²) in [5, 5.41) is 3.56. The number of imidazole rings is 1. The number of benzene rings is 1. The van der Waals surface area contributed by atoms with E-state index in [-0.39, 0.29) is 5.91 Å². The third kappa shape index (κ3) is 3.60. The van der Waals surface area contributed by atoms with Gasteiger partial charge < -0.3 is 20.5 Å². The van der Waals surface area contributed by atoms with Crippen LogP contribution < -0.4 is 11.1 Å². The van der Waals surface area contributed by atoms with E-state index in [0.717, 1.165) is 35.9 Å². The molecule has 1 amide bonds. The minimum Gasteiger partial charge on any atom is -0.340 e. The molecule has 0 radical (unpaired) electrons. The lowest BCUT2D eigenvalue weighted by atomic mass is 10.0. The summed E-state index contributed by atoms with van der Waals surface area (Å²) in [6, 6.07) is 10.1. The SMILES string of the molecule is CC(C)(N)C(=O)N1CCn2c(nc(C3=CC=CCC3)c2Nc2ccccc2)C1. The van der Waals surface area contributed by atoms with Gasteiger partial charge in [-0.15, -0.1) is 0 Å². The number of hydrogen-bond donors (Lipinski definition) is 2. The van der Waals surface area contributed by atoms with Crippen molar-refractivity contribution in [2.45, 2.75) is 45.3 Å². The predicted octanol–water partition coefficient (Wildman–Crippen LogP) is 3.44. The Hall–Kier alpha value is -2.86.